The van der Waals surface area contributed by atoms with E-state index in [-0.39, 0.29) is 55.0 Å². The van der Waals surface area contributed by atoms with Crippen molar-refractivity contribution in [2.24, 2.45) is 5.73 Å². The largest absolute Gasteiger partial charge is 0.481 e. The number of pyridine rings is 2. The van der Waals surface area contributed by atoms with Crippen LogP contribution in [-0.2, 0) is 33.4 Å². The lowest BCUT2D eigenvalue weighted by atomic mass is 10.2. The molecule has 0 amide bonds. The summed E-state index contributed by atoms with van der Waals surface area (Å²) in [5.41, 5.74) is 6.48. The number of hydrogen-bond donors (Lipinski definition) is 8. The monoisotopic (exact) mass is 976 g/mol. The van der Waals surface area contributed by atoms with Crippen LogP contribution in [0, 0.1) is 47.8 Å². The zero-order valence-electron chi connectivity index (χ0n) is 33.9. The van der Waals surface area contributed by atoms with Gasteiger partial charge in [0.2, 0.25) is 11.1 Å². The quantitative estimate of drug-likeness (QED) is 0.0422. The molecule has 4 rings (SSSR count). The highest BCUT2D eigenvalue weighted by atomic mass is 79.9. The fraction of sp³-hybridized carbons (Fsp3) is 0.526. The van der Waals surface area contributed by atoms with Crippen molar-refractivity contribution in [1.82, 2.24) is 20.6 Å². The number of thiocarbonyl (C=S) groups is 1. The minimum absolute atomic E-state index is 0. The van der Waals surface area contributed by atoms with E-state index in [9.17, 15) is 28.8 Å². The summed E-state index contributed by atoms with van der Waals surface area (Å²) in [6, 6.07) is 8.46. The van der Waals surface area contributed by atoms with Crippen molar-refractivity contribution in [2.75, 3.05) is 70.3 Å². The Labute approximate surface area is 379 Å². The van der Waals surface area contributed by atoms with Gasteiger partial charge in [-0.1, -0.05) is 35.6 Å². The number of nitrogens with two attached hydrogens (primary N) is 1. The molecule has 0 aliphatic carbocycles. The van der Waals surface area contributed by atoms with E-state index >= 15 is 0 Å². The molecule has 0 saturated carbocycles. The Balaban J connectivity index is -0.000000322. The number of nitriles is 3. The number of halogens is 1. The molecule has 0 aromatic carbocycles. The number of ether oxygens (including phenoxy) is 3. The van der Waals surface area contributed by atoms with Crippen LogP contribution >= 0.6 is 52.5 Å². The molecular formula is C38H57BrN8O11S3. The molecule has 0 radical (unpaired) electrons. The minimum atomic E-state index is -0.902. The lowest BCUT2D eigenvalue weighted by Crippen LogP contribution is -2.30. The second-order valence-electron chi connectivity index (χ2n) is 11.3. The number of alkyl halides is 1. The normalized spacial score (nSPS) is 11.7. The van der Waals surface area contributed by atoms with E-state index in [4.69, 9.17) is 41.2 Å². The van der Waals surface area contributed by atoms with Gasteiger partial charge in [0, 0.05) is 49.4 Å². The smallest absolute Gasteiger partial charge is 0.313 e. The predicted molar refractivity (Wildman–Crippen MR) is 242 cm³/mol. The van der Waals surface area contributed by atoms with Gasteiger partial charge < -0.3 is 50.8 Å². The Morgan fingerprint density at radius 3 is 1.64 bits per heavy atom. The minimum Gasteiger partial charge on any atom is -0.481 e. The van der Waals surface area contributed by atoms with Crippen LogP contribution in [0.1, 0.15) is 69.2 Å². The molecule has 0 spiro atoms. The molecule has 23 heteroatoms. The fourth-order valence-corrected chi connectivity index (χ4v) is 5.31. The number of carbonyl (C=O) groups is 4. The summed E-state index contributed by atoms with van der Waals surface area (Å²) in [4.78, 5) is 67.7. The van der Waals surface area contributed by atoms with Crippen LogP contribution in [0.4, 0.5) is 0 Å². The van der Waals surface area contributed by atoms with Crippen molar-refractivity contribution in [3.8, 4) is 18.2 Å². The summed E-state index contributed by atoms with van der Waals surface area (Å²) < 4.78 is 14.5. The molecule has 61 heavy (non-hydrogen) atoms. The fourth-order valence-electron chi connectivity index (χ4n) is 3.56. The number of carboxylic acid groups (broad SMARTS) is 2. The number of aromatic nitrogens is 2. The van der Waals surface area contributed by atoms with Gasteiger partial charge in [0.15, 0.2) is 0 Å². The number of aryl methyl sites for hydroxylation is 2. The molecule has 19 nitrogen and oxygen atoms in total. The Morgan fingerprint density at radius 1 is 0.902 bits per heavy atom. The van der Waals surface area contributed by atoms with Gasteiger partial charge in [-0.25, -0.2) is 0 Å². The number of nitrogens with one attached hydrogen (secondary N) is 4. The van der Waals surface area contributed by atoms with E-state index in [2.05, 4.69) is 66.1 Å². The summed E-state index contributed by atoms with van der Waals surface area (Å²) in [5, 5.41) is 49.3. The summed E-state index contributed by atoms with van der Waals surface area (Å²) in [5.74, 6) is -1.94. The first-order valence-electron chi connectivity index (χ1n) is 17.9. The van der Waals surface area contributed by atoms with E-state index in [1.807, 2.05) is 12.1 Å². The van der Waals surface area contributed by atoms with E-state index < -0.39 is 17.9 Å². The molecule has 0 bridgehead atoms. The van der Waals surface area contributed by atoms with Crippen molar-refractivity contribution in [1.29, 1.82) is 15.8 Å². The lowest BCUT2D eigenvalue weighted by Gasteiger charge is -2.10. The van der Waals surface area contributed by atoms with Crippen molar-refractivity contribution < 1.29 is 43.6 Å². The number of Topliss-reactive ketones (excluding diaryl/α,β-unsaturated/α-hetero) is 1. The summed E-state index contributed by atoms with van der Waals surface area (Å²) in [7, 11) is 0. The summed E-state index contributed by atoms with van der Waals surface area (Å²) in [6.45, 7) is 14.4. The average molecular weight is 978 g/mol. The van der Waals surface area contributed by atoms with Gasteiger partial charge in [-0.3, -0.25) is 28.8 Å². The number of thiol groups is 1. The first-order chi connectivity index (χ1) is 28.4. The second-order valence-corrected chi connectivity index (χ2v) is 14.2. The van der Waals surface area contributed by atoms with Gasteiger partial charge in [-0.2, -0.15) is 15.8 Å². The third-order valence-electron chi connectivity index (χ3n) is 6.16. The Kier molecular flexibility index (Phi) is 43.4. The summed E-state index contributed by atoms with van der Waals surface area (Å²) >= 11 is 12.4. The number of carboxylic acids is 2. The molecule has 2 saturated heterocycles. The maximum Gasteiger partial charge on any atom is 0.313 e. The number of H-pyrrole nitrogens is 2. The highest BCUT2D eigenvalue weighted by molar-refractivity contribution is 9.09. The topological polar surface area (TPSA) is 324 Å². The second kappa shape index (κ2) is 42.1. The third kappa shape index (κ3) is 40.5. The van der Waals surface area contributed by atoms with Gasteiger partial charge in [0.1, 0.15) is 24.3 Å². The number of morpholine rings is 2. The number of thioether (sulfide) groups is 1. The molecule has 0 unspecified atom stereocenters. The van der Waals surface area contributed by atoms with E-state index in [1.165, 1.54) is 30.8 Å². The number of rotatable bonds is 10. The van der Waals surface area contributed by atoms with E-state index in [0.717, 1.165) is 52.6 Å². The Bertz CT molecular complexity index is 1790. The van der Waals surface area contributed by atoms with E-state index in [1.54, 1.807) is 26.8 Å². The van der Waals surface area contributed by atoms with Gasteiger partial charge in [0.05, 0.1) is 84.5 Å². The number of esters is 1. The highest BCUT2D eigenvalue weighted by Gasteiger charge is 2.09. The van der Waals surface area contributed by atoms with Crippen molar-refractivity contribution in [3.05, 3.63) is 55.1 Å². The molecule has 8 N–H and O–H groups in total. The zero-order valence-corrected chi connectivity index (χ0v) is 38.0. The van der Waals surface area contributed by atoms with Gasteiger partial charge in [-0.05, 0) is 38.8 Å². The number of hydrogen-bond acceptors (Lipinski definition) is 17. The number of nitrogens with zero attached hydrogens (tertiary/aromatic N) is 3. The maximum absolute atomic E-state index is 11.2. The molecule has 4 heterocycles. The van der Waals surface area contributed by atoms with Gasteiger partial charge in [0.25, 0.3) is 0 Å². The molecule has 2 aliphatic rings. The molecule has 340 valence electrons. The molecule has 2 fully saturated rings. The van der Waals surface area contributed by atoms with Crippen LogP contribution in [0.15, 0.2) is 31.8 Å². The van der Waals surface area contributed by atoms with Gasteiger partial charge >= 0.3 is 17.9 Å². The Morgan fingerprint density at radius 2 is 1.36 bits per heavy atom. The zero-order chi connectivity index (χ0) is 46.3. The van der Waals surface area contributed by atoms with Crippen molar-refractivity contribution in [2.45, 2.75) is 70.9 Å². The molecule has 2 aliphatic heterocycles. The number of ketones is 1. The van der Waals surface area contributed by atoms with Gasteiger partial charge in [-0.15, -0.1) is 24.4 Å². The average Bonchev–Trinajstić information content (AvgIpc) is 3.17. The van der Waals surface area contributed by atoms with Crippen LogP contribution in [-0.4, -0.2) is 119 Å². The maximum atomic E-state index is 11.2. The molecular weight excluding hydrogens is 921 g/mol. The van der Waals surface area contributed by atoms with Crippen LogP contribution in [0.5, 0.6) is 0 Å². The van der Waals surface area contributed by atoms with Crippen molar-refractivity contribution in [3.63, 3.8) is 0 Å². The van der Waals surface area contributed by atoms with Crippen LogP contribution in [0.25, 0.3) is 0 Å². The summed E-state index contributed by atoms with van der Waals surface area (Å²) in [6.07, 6.45) is 0.286. The SMILES string of the molecule is C.C1COCCN1.C1COCCN1.CCOC(=O)CC(C)=O.Cc1cc(=O)[nH]c(S)c1C#N.Cc1cc(=O)[nH]c(SCCC(=O)O)c1C#N.N#CCC(N)=S.O=C(O)CCBr. The predicted octanol–water partition coefficient (Wildman–Crippen LogP) is 3.38. The molecule has 0 atom stereocenters. The van der Waals surface area contributed by atoms with Crippen LogP contribution in [0.3, 0.4) is 0 Å². The highest BCUT2D eigenvalue weighted by Crippen LogP contribution is 2.21. The van der Waals surface area contributed by atoms with Crippen molar-refractivity contribution >= 4 is 81.2 Å². The third-order valence-corrected chi connectivity index (χ3v) is 8.04. The molecule has 2 aromatic heterocycles. The van der Waals surface area contributed by atoms with Crippen LogP contribution in [0.2, 0.25) is 0 Å². The standard InChI is InChI=1S/C10H10N2O3S.C7H6N2OS.C6H10O3.2C4H9NO.C3H5BrO2.C3H4N2S.CH4/c1-6-4-8(13)12-10(7(6)5-11)16-3-2-9(14)15;1-4-2-6(10)9-7(11)5(4)3-8;1-3-9-6(8)4-5(2)7;2*1-3-6-4-2-5-1;2*4-2-1-3(5)6;/h4H,2-3H2,1H3,(H,12,13)(H,14,15);2H,1H3,(H2,9,10,11);3-4H2,1-2H3;2*5H,1-4H2;1-2H2,(H,5,6);1H2,(H2,5,6);1H4. The first-order valence-corrected chi connectivity index (χ1v) is 20.8. The van der Waals surface area contributed by atoms with Crippen LogP contribution < -0.4 is 27.5 Å². The number of carbonyl (C=O) groups excluding carboxylic acids is 2. The number of aromatic amines is 2. The first kappa shape index (κ1) is 63.0. The Hall–Kier alpha value is -4.64. The number of aliphatic carboxylic acids is 2. The van der Waals surface area contributed by atoms with E-state index in [0.29, 0.717) is 50.0 Å². The lowest BCUT2D eigenvalue weighted by molar-refractivity contribution is -0.145. The molecule has 2 aromatic rings.